The molecule has 2 amide bonds. The van der Waals surface area contributed by atoms with Crippen LogP contribution in [-0.2, 0) is 9.59 Å². The zero-order valence-corrected chi connectivity index (χ0v) is 14.2. The second kappa shape index (κ2) is 7.81. The van der Waals surface area contributed by atoms with Crippen molar-refractivity contribution in [3.05, 3.63) is 31.3 Å². The second-order valence-corrected chi connectivity index (χ2v) is 6.04. The fourth-order valence-corrected chi connectivity index (χ4v) is 2.55. The average molecular weight is 445 g/mol. The molecule has 21 heavy (non-hydrogen) atoms. The zero-order valence-electron chi connectivity index (χ0n) is 10.5. The predicted molar refractivity (Wildman–Crippen MR) is 86.5 cm³/mol. The third-order valence-electron chi connectivity index (χ3n) is 2.52. The van der Waals surface area contributed by atoms with Crippen LogP contribution in [0.3, 0.4) is 0 Å². The van der Waals surface area contributed by atoms with Gasteiger partial charge >= 0.3 is 5.97 Å². The molecule has 0 aliphatic carbocycles. The van der Waals surface area contributed by atoms with Crippen LogP contribution in [0.4, 0.5) is 0 Å². The van der Waals surface area contributed by atoms with Gasteiger partial charge in [0.15, 0.2) is 0 Å². The molecule has 6 nitrogen and oxygen atoms in total. The number of hydrogen-bond acceptors (Lipinski definition) is 3. The standard InChI is InChI=1S/C12H11Cl2IN2O4/c13-5-3-6(10(15)7(14)4-5)11(19)17-8(12(20)21)1-2-9(16)18/h3-4,8H,1-2H2,(H2,16,18)(H,17,19)(H,20,21)/t8-/m1/s1. The van der Waals surface area contributed by atoms with Crippen LogP contribution in [0.1, 0.15) is 23.2 Å². The molecule has 0 saturated heterocycles. The van der Waals surface area contributed by atoms with Crippen LogP contribution < -0.4 is 11.1 Å². The highest BCUT2D eigenvalue weighted by Crippen LogP contribution is 2.26. The van der Waals surface area contributed by atoms with Gasteiger partial charge in [-0.2, -0.15) is 0 Å². The fraction of sp³-hybridized carbons (Fsp3) is 0.250. The molecule has 1 atom stereocenters. The number of rotatable bonds is 6. The Hall–Kier alpha value is -1.06. The molecule has 0 aliphatic rings. The summed E-state index contributed by atoms with van der Waals surface area (Å²) in [5.41, 5.74) is 5.13. The smallest absolute Gasteiger partial charge is 0.326 e. The van der Waals surface area contributed by atoms with Gasteiger partial charge in [0.2, 0.25) is 5.91 Å². The van der Waals surface area contributed by atoms with Crippen LogP contribution in [0.25, 0.3) is 0 Å². The maximum atomic E-state index is 12.1. The van der Waals surface area contributed by atoms with E-state index in [4.69, 9.17) is 34.0 Å². The number of carboxylic acids is 1. The molecule has 1 aromatic rings. The van der Waals surface area contributed by atoms with Crippen molar-refractivity contribution in [2.24, 2.45) is 5.73 Å². The van der Waals surface area contributed by atoms with Gasteiger partial charge in [0.05, 0.1) is 10.6 Å². The number of nitrogens with one attached hydrogen (secondary N) is 1. The second-order valence-electron chi connectivity index (χ2n) is 4.12. The van der Waals surface area contributed by atoms with Gasteiger partial charge in [-0.3, -0.25) is 9.59 Å². The van der Waals surface area contributed by atoms with Crippen LogP contribution >= 0.6 is 45.8 Å². The van der Waals surface area contributed by atoms with Gasteiger partial charge in [0.25, 0.3) is 5.91 Å². The van der Waals surface area contributed by atoms with E-state index in [0.29, 0.717) is 3.57 Å². The van der Waals surface area contributed by atoms with E-state index in [-0.39, 0.29) is 28.5 Å². The molecule has 0 aromatic heterocycles. The van der Waals surface area contributed by atoms with Crippen molar-refractivity contribution in [3.63, 3.8) is 0 Å². The summed E-state index contributed by atoms with van der Waals surface area (Å²) in [6, 6.07) is 1.64. The van der Waals surface area contributed by atoms with Crippen LogP contribution in [0, 0.1) is 3.57 Å². The summed E-state index contributed by atoms with van der Waals surface area (Å²) in [5.74, 6) is -2.54. The SMILES string of the molecule is NC(=O)CC[C@@H](NC(=O)c1cc(Cl)cc(Cl)c1I)C(=O)O. The summed E-state index contributed by atoms with van der Waals surface area (Å²) in [6.45, 7) is 0. The summed E-state index contributed by atoms with van der Waals surface area (Å²) < 4.78 is 0.454. The van der Waals surface area contributed by atoms with Crippen molar-refractivity contribution in [2.75, 3.05) is 0 Å². The summed E-state index contributed by atoms with van der Waals surface area (Å²) in [4.78, 5) is 33.9. The van der Waals surface area contributed by atoms with E-state index < -0.39 is 23.8 Å². The van der Waals surface area contributed by atoms with E-state index in [2.05, 4.69) is 5.32 Å². The molecule has 0 spiro atoms. The van der Waals surface area contributed by atoms with Gasteiger partial charge in [-0.15, -0.1) is 0 Å². The lowest BCUT2D eigenvalue weighted by Gasteiger charge is -2.15. The first-order valence-electron chi connectivity index (χ1n) is 5.69. The van der Waals surface area contributed by atoms with Gasteiger partial charge in [0, 0.05) is 15.0 Å². The highest BCUT2D eigenvalue weighted by atomic mass is 127. The lowest BCUT2D eigenvalue weighted by Crippen LogP contribution is -2.41. The number of carboxylic acid groups (broad SMARTS) is 1. The van der Waals surface area contributed by atoms with Crippen LogP contribution in [-0.4, -0.2) is 28.9 Å². The van der Waals surface area contributed by atoms with Gasteiger partial charge < -0.3 is 16.2 Å². The molecule has 9 heteroatoms. The van der Waals surface area contributed by atoms with Gasteiger partial charge in [-0.05, 0) is 41.1 Å². The van der Waals surface area contributed by atoms with Crippen molar-refractivity contribution in [1.82, 2.24) is 5.32 Å². The van der Waals surface area contributed by atoms with Crippen molar-refractivity contribution in [3.8, 4) is 0 Å². The first-order chi connectivity index (χ1) is 9.72. The summed E-state index contributed by atoms with van der Waals surface area (Å²) >= 11 is 13.6. The van der Waals surface area contributed by atoms with E-state index >= 15 is 0 Å². The summed E-state index contributed by atoms with van der Waals surface area (Å²) in [6.07, 6.45) is -0.244. The number of aliphatic carboxylic acids is 1. The Labute approximate surface area is 144 Å². The number of benzene rings is 1. The third kappa shape index (κ3) is 5.33. The zero-order chi connectivity index (χ0) is 16.2. The normalized spacial score (nSPS) is 11.8. The Morgan fingerprint density at radius 3 is 2.48 bits per heavy atom. The van der Waals surface area contributed by atoms with E-state index in [9.17, 15) is 14.4 Å². The third-order valence-corrected chi connectivity index (χ3v) is 4.52. The van der Waals surface area contributed by atoms with Crippen molar-refractivity contribution >= 4 is 63.6 Å². The van der Waals surface area contributed by atoms with E-state index in [1.165, 1.54) is 12.1 Å². The lowest BCUT2D eigenvalue weighted by molar-refractivity contribution is -0.139. The summed E-state index contributed by atoms with van der Waals surface area (Å²) in [7, 11) is 0. The number of amides is 2. The number of nitrogens with two attached hydrogens (primary N) is 1. The minimum Gasteiger partial charge on any atom is -0.480 e. The molecule has 0 radical (unpaired) electrons. The fourth-order valence-electron chi connectivity index (χ4n) is 1.50. The molecular weight excluding hydrogens is 434 g/mol. The van der Waals surface area contributed by atoms with Crippen LogP contribution in [0.2, 0.25) is 10.0 Å². The van der Waals surface area contributed by atoms with Crippen LogP contribution in [0.15, 0.2) is 12.1 Å². The van der Waals surface area contributed by atoms with E-state index in [0.717, 1.165) is 0 Å². The molecule has 114 valence electrons. The lowest BCUT2D eigenvalue weighted by atomic mass is 10.1. The number of hydrogen-bond donors (Lipinski definition) is 3. The molecule has 1 aromatic carbocycles. The predicted octanol–water partition coefficient (Wildman–Crippen LogP) is 2.05. The Morgan fingerprint density at radius 1 is 1.33 bits per heavy atom. The number of carbonyl (C=O) groups is 3. The minimum atomic E-state index is -1.26. The first-order valence-corrected chi connectivity index (χ1v) is 7.52. The molecule has 0 bridgehead atoms. The average Bonchev–Trinajstić information content (AvgIpc) is 2.37. The number of primary amides is 1. The Balaban J connectivity index is 2.92. The molecule has 0 saturated carbocycles. The molecule has 0 heterocycles. The van der Waals surface area contributed by atoms with E-state index in [1.807, 2.05) is 22.6 Å². The van der Waals surface area contributed by atoms with Crippen molar-refractivity contribution < 1.29 is 19.5 Å². The Bertz CT molecular complexity index is 595. The maximum Gasteiger partial charge on any atom is 0.326 e. The summed E-state index contributed by atoms with van der Waals surface area (Å²) in [5, 5.41) is 11.9. The highest BCUT2D eigenvalue weighted by Gasteiger charge is 2.23. The Morgan fingerprint density at radius 2 is 1.95 bits per heavy atom. The van der Waals surface area contributed by atoms with Crippen molar-refractivity contribution in [2.45, 2.75) is 18.9 Å². The Kier molecular flexibility index (Phi) is 6.69. The molecule has 0 unspecified atom stereocenters. The molecule has 4 N–H and O–H groups in total. The number of halogens is 3. The molecule has 0 aliphatic heterocycles. The quantitative estimate of drug-likeness (QED) is 0.460. The topological polar surface area (TPSA) is 109 Å². The monoisotopic (exact) mass is 444 g/mol. The van der Waals surface area contributed by atoms with Gasteiger partial charge in [-0.25, -0.2) is 4.79 Å². The highest BCUT2D eigenvalue weighted by molar-refractivity contribution is 14.1. The molecular formula is C12H11Cl2IN2O4. The maximum absolute atomic E-state index is 12.1. The largest absolute Gasteiger partial charge is 0.480 e. The number of carbonyl (C=O) groups excluding carboxylic acids is 2. The first kappa shape index (κ1) is 18.0. The molecule has 1 rings (SSSR count). The minimum absolute atomic E-state index is 0.0959. The van der Waals surface area contributed by atoms with Crippen molar-refractivity contribution in [1.29, 1.82) is 0 Å². The van der Waals surface area contributed by atoms with E-state index in [1.54, 1.807) is 0 Å². The molecule has 0 fully saturated rings. The van der Waals surface area contributed by atoms with Gasteiger partial charge in [-0.1, -0.05) is 23.2 Å². The van der Waals surface area contributed by atoms with Crippen LogP contribution in [0.5, 0.6) is 0 Å². The van der Waals surface area contributed by atoms with Gasteiger partial charge in [0.1, 0.15) is 6.04 Å².